The van der Waals surface area contributed by atoms with E-state index in [4.69, 9.17) is 22.1 Å². The van der Waals surface area contributed by atoms with E-state index in [0.717, 1.165) is 47.7 Å². The third-order valence-corrected chi connectivity index (χ3v) is 7.39. The number of halogens is 1. The molecule has 6 nitrogen and oxygen atoms in total. The number of hydrogen-bond donors (Lipinski definition) is 3. The van der Waals surface area contributed by atoms with Gasteiger partial charge in [-0.15, -0.1) is 11.6 Å². The Morgan fingerprint density at radius 2 is 1.82 bits per heavy atom. The van der Waals surface area contributed by atoms with Gasteiger partial charge in [0.2, 0.25) is 0 Å². The molecule has 3 unspecified atom stereocenters. The fourth-order valence-electron chi connectivity index (χ4n) is 5.09. The van der Waals surface area contributed by atoms with Gasteiger partial charge >= 0.3 is 6.09 Å². The Bertz CT molecular complexity index is 1120. The van der Waals surface area contributed by atoms with E-state index in [1.807, 2.05) is 60.8 Å². The summed E-state index contributed by atoms with van der Waals surface area (Å²) in [5, 5.41) is 3.94. The highest BCUT2D eigenvalue weighted by atomic mass is 35.5. The molecule has 1 aliphatic rings. The van der Waals surface area contributed by atoms with Crippen LogP contribution in [0.4, 0.5) is 4.79 Å². The first-order valence-corrected chi connectivity index (χ1v) is 12.4. The zero-order valence-corrected chi connectivity index (χ0v) is 20.0. The Morgan fingerprint density at radius 3 is 2.59 bits per heavy atom. The van der Waals surface area contributed by atoms with Gasteiger partial charge < -0.3 is 20.8 Å². The summed E-state index contributed by atoms with van der Waals surface area (Å²) in [4.78, 5) is 29.1. The molecule has 4 N–H and O–H groups in total. The van der Waals surface area contributed by atoms with Gasteiger partial charge in [-0.05, 0) is 42.4 Å². The van der Waals surface area contributed by atoms with Gasteiger partial charge in [0.1, 0.15) is 0 Å². The van der Waals surface area contributed by atoms with Crippen molar-refractivity contribution in [2.24, 2.45) is 11.7 Å². The van der Waals surface area contributed by atoms with Crippen molar-refractivity contribution in [3.8, 4) is 0 Å². The molecule has 7 heteroatoms. The van der Waals surface area contributed by atoms with E-state index in [2.05, 4.69) is 10.3 Å². The number of ether oxygens (including phenoxy) is 1. The predicted molar refractivity (Wildman–Crippen MR) is 135 cm³/mol. The number of aromatic amines is 1. The topological polar surface area (TPSA) is 97.2 Å². The number of para-hydroxylation sites is 1. The van der Waals surface area contributed by atoms with Crippen LogP contribution in [-0.4, -0.2) is 34.5 Å². The lowest BCUT2D eigenvalue weighted by Crippen LogP contribution is -2.54. The number of nitrogens with one attached hydrogen (secondary N) is 2. The van der Waals surface area contributed by atoms with E-state index in [1.165, 1.54) is 0 Å². The molecule has 4 rings (SSSR count). The van der Waals surface area contributed by atoms with E-state index in [9.17, 15) is 9.59 Å². The minimum absolute atomic E-state index is 0.0554. The summed E-state index contributed by atoms with van der Waals surface area (Å²) in [6.07, 6.45) is 6.04. The molecule has 34 heavy (non-hydrogen) atoms. The van der Waals surface area contributed by atoms with Gasteiger partial charge in [-0.3, -0.25) is 4.79 Å². The van der Waals surface area contributed by atoms with Crippen molar-refractivity contribution in [3.05, 3.63) is 71.9 Å². The number of fused-ring (bicyclic) bond motifs is 1. The fourth-order valence-corrected chi connectivity index (χ4v) is 5.46. The molecule has 0 spiro atoms. The highest BCUT2D eigenvalue weighted by Crippen LogP contribution is 2.38. The Kier molecular flexibility index (Phi) is 7.78. The molecule has 1 saturated carbocycles. The number of amides is 2. The molecule has 2 aromatic carbocycles. The monoisotopic (exact) mass is 481 g/mol. The van der Waals surface area contributed by atoms with Crippen LogP contribution in [0, 0.1) is 5.92 Å². The highest BCUT2D eigenvalue weighted by molar-refractivity contribution is 6.20. The zero-order valence-electron chi connectivity index (χ0n) is 19.3. The molecule has 2 amide bonds. The number of alkyl halides is 1. The summed E-state index contributed by atoms with van der Waals surface area (Å²) in [6.45, 7) is 0.426. The average Bonchev–Trinajstić information content (AvgIpc) is 3.23. The number of aromatic nitrogens is 1. The van der Waals surface area contributed by atoms with E-state index in [0.29, 0.717) is 19.4 Å². The summed E-state index contributed by atoms with van der Waals surface area (Å²) in [5.74, 6) is -0.276. The van der Waals surface area contributed by atoms with Crippen molar-refractivity contribution >= 4 is 34.5 Å². The van der Waals surface area contributed by atoms with Crippen LogP contribution in [-0.2, 0) is 22.4 Å². The average molecular weight is 482 g/mol. The number of carbonyl (C=O) groups is 2. The molecule has 0 bridgehead atoms. The number of primary amides is 1. The van der Waals surface area contributed by atoms with Crippen LogP contribution in [0.5, 0.6) is 0 Å². The zero-order chi connectivity index (χ0) is 24.0. The smallest absolute Gasteiger partial charge is 0.405 e. The molecular formula is C27H32ClN3O3. The van der Waals surface area contributed by atoms with Gasteiger partial charge in [-0.2, -0.15) is 0 Å². The molecule has 0 aliphatic heterocycles. The van der Waals surface area contributed by atoms with Crippen LogP contribution >= 0.6 is 11.6 Å². The number of nitrogens with two attached hydrogens (primary N) is 1. The van der Waals surface area contributed by atoms with Crippen LogP contribution in [0.15, 0.2) is 60.8 Å². The minimum atomic E-state index is -1.44. The molecule has 0 radical (unpaired) electrons. The lowest BCUT2D eigenvalue weighted by atomic mass is 9.77. The number of benzene rings is 2. The van der Waals surface area contributed by atoms with Crippen molar-refractivity contribution in [3.63, 3.8) is 0 Å². The molecule has 1 heterocycles. The van der Waals surface area contributed by atoms with Crippen molar-refractivity contribution in [2.45, 2.75) is 55.9 Å². The molecule has 1 aliphatic carbocycles. The number of rotatable bonds is 9. The van der Waals surface area contributed by atoms with Crippen LogP contribution in [0.3, 0.4) is 0 Å². The second kappa shape index (κ2) is 11.0. The quantitative estimate of drug-likeness (QED) is 0.371. The second-order valence-electron chi connectivity index (χ2n) is 9.21. The maximum atomic E-state index is 13.7. The fraction of sp³-hybridized carbons (Fsp3) is 0.407. The molecule has 1 fully saturated rings. The van der Waals surface area contributed by atoms with Crippen LogP contribution in [0.2, 0.25) is 0 Å². The highest BCUT2D eigenvalue weighted by Gasteiger charge is 2.46. The SMILES string of the molecule is NC(=O)OC(Cc1c[nH]c2ccccc12)(CC1CCCCC1Cl)C(=O)NCCc1ccccc1. The molecule has 3 aromatic rings. The number of carbonyl (C=O) groups excluding carboxylic acids is 2. The summed E-state index contributed by atoms with van der Waals surface area (Å²) in [5.41, 5.74) is 7.07. The Labute approximate surface area is 205 Å². The first-order valence-electron chi connectivity index (χ1n) is 12.0. The van der Waals surface area contributed by atoms with E-state index in [-0.39, 0.29) is 23.6 Å². The Balaban J connectivity index is 1.62. The van der Waals surface area contributed by atoms with Gasteiger partial charge in [-0.1, -0.05) is 61.4 Å². The summed E-state index contributed by atoms with van der Waals surface area (Å²) in [6, 6.07) is 17.8. The number of hydrogen-bond acceptors (Lipinski definition) is 3. The van der Waals surface area contributed by atoms with E-state index in [1.54, 1.807) is 0 Å². The van der Waals surface area contributed by atoms with Gasteiger partial charge in [-0.25, -0.2) is 4.79 Å². The molecule has 180 valence electrons. The molecule has 3 atom stereocenters. The van der Waals surface area contributed by atoms with Crippen molar-refractivity contribution < 1.29 is 14.3 Å². The molecule has 0 saturated heterocycles. The van der Waals surface area contributed by atoms with E-state index < -0.39 is 11.7 Å². The van der Waals surface area contributed by atoms with Gasteiger partial charge in [0.05, 0.1) is 0 Å². The third kappa shape index (κ3) is 5.73. The Hall–Kier alpha value is -2.99. The van der Waals surface area contributed by atoms with E-state index >= 15 is 0 Å². The first-order chi connectivity index (χ1) is 16.5. The third-order valence-electron chi connectivity index (χ3n) is 6.81. The summed E-state index contributed by atoms with van der Waals surface area (Å²) >= 11 is 6.68. The largest absolute Gasteiger partial charge is 0.433 e. The van der Waals surface area contributed by atoms with Gasteiger partial charge in [0, 0.05) is 41.9 Å². The minimum Gasteiger partial charge on any atom is -0.433 e. The first kappa shape index (κ1) is 24.1. The standard InChI is InChI=1S/C27H32ClN3O3/c28-23-12-6-4-10-20(23)16-27(34-26(29)33,17-21-18-31-24-13-7-5-11-22(21)24)25(32)30-15-14-19-8-2-1-3-9-19/h1-3,5,7-9,11,13,18,20,23,31H,4,6,10,12,14-17H2,(H2,29,33)(H,30,32). The van der Waals surface area contributed by atoms with Gasteiger partial charge in [0.25, 0.3) is 5.91 Å². The lowest BCUT2D eigenvalue weighted by molar-refractivity contribution is -0.142. The summed E-state index contributed by atoms with van der Waals surface area (Å²) in [7, 11) is 0. The predicted octanol–water partition coefficient (Wildman–Crippen LogP) is 5.09. The van der Waals surface area contributed by atoms with Crippen molar-refractivity contribution in [2.75, 3.05) is 6.54 Å². The van der Waals surface area contributed by atoms with Crippen molar-refractivity contribution in [1.82, 2.24) is 10.3 Å². The maximum Gasteiger partial charge on any atom is 0.405 e. The van der Waals surface area contributed by atoms with Crippen LogP contribution in [0.1, 0.15) is 43.2 Å². The lowest BCUT2D eigenvalue weighted by Gasteiger charge is -2.37. The van der Waals surface area contributed by atoms with Crippen LogP contribution < -0.4 is 11.1 Å². The van der Waals surface area contributed by atoms with Gasteiger partial charge in [0.15, 0.2) is 5.60 Å². The molecule has 1 aromatic heterocycles. The molecular weight excluding hydrogens is 450 g/mol. The second-order valence-corrected chi connectivity index (χ2v) is 9.77. The summed E-state index contributed by atoms with van der Waals surface area (Å²) < 4.78 is 5.73. The number of H-pyrrole nitrogens is 1. The van der Waals surface area contributed by atoms with Crippen LogP contribution in [0.25, 0.3) is 10.9 Å². The normalized spacial score (nSPS) is 19.9. The Morgan fingerprint density at radius 1 is 1.09 bits per heavy atom. The van der Waals surface area contributed by atoms with Crippen molar-refractivity contribution in [1.29, 1.82) is 0 Å². The maximum absolute atomic E-state index is 13.7.